The third-order valence-electron chi connectivity index (χ3n) is 4.40. The lowest BCUT2D eigenvalue weighted by atomic mass is 10.1. The van der Waals surface area contributed by atoms with Crippen molar-refractivity contribution in [3.8, 4) is 0 Å². The Morgan fingerprint density at radius 1 is 1.35 bits per heavy atom. The van der Waals surface area contributed by atoms with E-state index in [1.165, 1.54) is 17.7 Å². The van der Waals surface area contributed by atoms with Crippen LogP contribution in [0, 0.1) is 17.3 Å². The Labute approximate surface area is 138 Å². The van der Waals surface area contributed by atoms with Crippen molar-refractivity contribution in [1.82, 2.24) is 5.32 Å². The van der Waals surface area contributed by atoms with Crippen molar-refractivity contribution in [3.63, 3.8) is 0 Å². The maximum Gasteiger partial charge on any atom is 0.238 e. The molecule has 126 valence electrons. The summed E-state index contributed by atoms with van der Waals surface area (Å²) in [5, 5.41) is 8.01. The summed E-state index contributed by atoms with van der Waals surface area (Å²) in [6, 6.07) is 6.31. The van der Waals surface area contributed by atoms with Crippen molar-refractivity contribution in [3.05, 3.63) is 41.5 Å². The van der Waals surface area contributed by atoms with Crippen molar-refractivity contribution in [2.75, 3.05) is 0 Å². The van der Waals surface area contributed by atoms with E-state index in [4.69, 9.17) is 5.14 Å². The smallest absolute Gasteiger partial charge is 0.238 e. The number of hydrogen-bond acceptors (Lipinski definition) is 3. The molecule has 1 aliphatic carbocycles. The maximum absolute atomic E-state index is 12.4. The summed E-state index contributed by atoms with van der Waals surface area (Å²) in [6.07, 6.45) is 2.14. The minimum atomic E-state index is -3.73. The summed E-state index contributed by atoms with van der Waals surface area (Å²) >= 11 is 0. The first-order valence-corrected chi connectivity index (χ1v) is 9.12. The van der Waals surface area contributed by atoms with Gasteiger partial charge in [-0.1, -0.05) is 37.6 Å². The van der Waals surface area contributed by atoms with Crippen LogP contribution in [-0.4, -0.2) is 14.3 Å². The molecule has 1 amide bonds. The Morgan fingerprint density at radius 2 is 2.00 bits per heavy atom. The normalized spacial score (nSPS) is 22.3. The molecule has 1 saturated carbocycles. The minimum absolute atomic E-state index is 0.00138. The average molecular weight is 336 g/mol. The predicted octanol–water partition coefficient (Wildman–Crippen LogP) is 2.19. The molecule has 5 nitrogen and oxygen atoms in total. The van der Waals surface area contributed by atoms with Gasteiger partial charge >= 0.3 is 0 Å². The zero-order valence-corrected chi connectivity index (χ0v) is 14.8. The van der Waals surface area contributed by atoms with Crippen LogP contribution in [0.25, 0.3) is 0 Å². The number of amides is 1. The Bertz CT molecular complexity index is 747. The van der Waals surface area contributed by atoms with Gasteiger partial charge in [0.25, 0.3) is 0 Å². The molecule has 1 aromatic rings. The van der Waals surface area contributed by atoms with Crippen molar-refractivity contribution in [2.45, 2.75) is 39.1 Å². The molecule has 0 spiro atoms. The lowest BCUT2D eigenvalue weighted by molar-refractivity contribution is -0.123. The summed E-state index contributed by atoms with van der Waals surface area (Å²) < 4.78 is 22.7. The Morgan fingerprint density at radius 3 is 2.57 bits per heavy atom. The van der Waals surface area contributed by atoms with Crippen LogP contribution in [0.15, 0.2) is 40.8 Å². The number of primary sulfonamides is 1. The molecule has 2 unspecified atom stereocenters. The van der Waals surface area contributed by atoms with Crippen molar-refractivity contribution in [1.29, 1.82) is 0 Å². The fraction of sp³-hybridized carbons (Fsp3) is 0.471. The van der Waals surface area contributed by atoms with Gasteiger partial charge in [-0.25, -0.2) is 13.6 Å². The van der Waals surface area contributed by atoms with Gasteiger partial charge in [-0.05, 0) is 42.9 Å². The van der Waals surface area contributed by atoms with E-state index in [1.54, 1.807) is 12.1 Å². The molecule has 6 heteroatoms. The first-order valence-electron chi connectivity index (χ1n) is 7.58. The number of nitrogens with one attached hydrogen (secondary N) is 1. The molecule has 2 atom stereocenters. The second-order valence-electron chi connectivity index (χ2n) is 6.98. The van der Waals surface area contributed by atoms with E-state index < -0.39 is 10.0 Å². The molecule has 2 rings (SSSR count). The highest BCUT2D eigenvalue weighted by atomic mass is 32.2. The number of allylic oxidation sites excluding steroid dienone is 2. The number of nitrogens with two attached hydrogens (primary N) is 1. The second-order valence-corrected chi connectivity index (χ2v) is 8.54. The molecule has 0 bridgehead atoms. The molecule has 0 radical (unpaired) electrons. The highest BCUT2D eigenvalue weighted by molar-refractivity contribution is 7.89. The third-order valence-corrected chi connectivity index (χ3v) is 5.31. The monoisotopic (exact) mass is 336 g/mol. The summed E-state index contributed by atoms with van der Waals surface area (Å²) in [5.41, 5.74) is 1.88. The van der Waals surface area contributed by atoms with Crippen molar-refractivity contribution >= 4 is 15.9 Å². The molecule has 1 aromatic carbocycles. The highest BCUT2D eigenvalue weighted by Gasteiger charge is 2.60. The topological polar surface area (TPSA) is 89.3 Å². The largest absolute Gasteiger partial charge is 0.352 e. The van der Waals surface area contributed by atoms with Gasteiger partial charge in [0, 0.05) is 6.54 Å². The highest BCUT2D eigenvalue weighted by Crippen LogP contribution is 2.59. The molecule has 0 aromatic heterocycles. The lowest BCUT2D eigenvalue weighted by Gasteiger charge is -2.07. The molecule has 23 heavy (non-hydrogen) atoms. The SMILES string of the molecule is CC(C)=CC1C(C(=O)NCc2cccc(S(N)(=O)=O)c2)C1(C)C. The van der Waals surface area contributed by atoms with E-state index in [0.29, 0.717) is 5.56 Å². The molecule has 1 fully saturated rings. The number of carbonyl (C=O) groups is 1. The van der Waals surface area contributed by atoms with Gasteiger partial charge in [0.2, 0.25) is 15.9 Å². The third kappa shape index (κ3) is 4.00. The van der Waals surface area contributed by atoms with E-state index in [9.17, 15) is 13.2 Å². The van der Waals surface area contributed by atoms with Gasteiger partial charge < -0.3 is 5.32 Å². The molecule has 3 N–H and O–H groups in total. The van der Waals surface area contributed by atoms with E-state index in [0.717, 1.165) is 0 Å². The van der Waals surface area contributed by atoms with Gasteiger partial charge in [0.1, 0.15) is 0 Å². The van der Waals surface area contributed by atoms with Crippen LogP contribution in [0.3, 0.4) is 0 Å². The number of benzene rings is 1. The fourth-order valence-corrected chi connectivity index (χ4v) is 3.56. The first kappa shape index (κ1) is 17.7. The fourth-order valence-electron chi connectivity index (χ4n) is 2.98. The summed E-state index contributed by atoms with van der Waals surface area (Å²) in [4.78, 5) is 12.4. The van der Waals surface area contributed by atoms with E-state index >= 15 is 0 Å². The van der Waals surface area contributed by atoms with Crippen LogP contribution < -0.4 is 10.5 Å². The minimum Gasteiger partial charge on any atom is -0.352 e. The predicted molar refractivity (Wildman–Crippen MR) is 89.9 cm³/mol. The summed E-state index contributed by atoms with van der Waals surface area (Å²) in [5.74, 6) is 0.209. The van der Waals surface area contributed by atoms with Crippen LogP contribution >= 0.6 is 0 Å². The van der Waals surface area contributed by atoms with Gasteiger partial charge in [0.05, 0.1) is 10.8 Å². The molecular weight excluding hydrogens is 312 g/mol. The van der Waals surface area contributed by atoms with Crippen molar-refractivity contribution < 1.29 is 13.2 Å². The second kappa shape index (κ2) is 6.09. The first-order chi connectivity index (χ1) is 10.5. The van der Waals surface area contributed by atoms with Gasteiger partial charge in [-0.3, -0.25) is 4.79 Å². The summed E-state index contributed by atoms with van der Waals surface area (Å²) in [7, 11) is -3.73. The summed E-state index contributed by atoms with van der Waals surface area (Å²) in [6.45, 7) is 8.52. The molecule has 0 aliphatic heterocycles. The number of carbonyl (C=O) groups excluding carboxylic acids is 1. The van der Waals surface area contributed by atoms with Crippen LogP contribution in [0.1, 0.15) is 33.3 Å². The number of hydrogen-bond donors (Lipinski definition) is 2. The average Bonchev–Trinajstić information content (AvgIpc) is 2.96. The Kier molecular flexibility index (Phi) is 4.69. The van der Waals surface area contributed by atoms with Gasteiger partial charge in [-0.15, -0.1) is 0 Å². The van der Waals surface area contributed by atoms with E-state index in [1.807, 2.05) is 13.8 Å². The van der Waals surface area contributed by atoms with Gasteiger partial charge in [-0.2, -0.15) is 0 Å². The van der Waals surface area contributed by atoms with Crippen LogP contribution in [0.4, 0.5) is 0 Å². The Hall–Kier alpha value is -1.66. The van der Waals surface area contributed by atoms with Crippen LogP contribution in [-0.2, 0) is 21.4 Å². The zero-order chi connectivity index (χ0) is 17.4. The molecular formula is C17H24N2O3S. The van der Waals surface area contributed by atoms with Gasteiger partial charge in [0.15, 0.2) is 0 Å². The maximum atomic E-state index is 12.4. The molecule has 0 saturated heterocycles. The van der Waals surface area contributed by atoms with Crippen molar-refractivity contribution in [2.24, 2.45) is 22.4 Å². The standard InChI is InChI=1S/C17H24N2O3S/c1-11(2)8-14-15(17(14,3)4)16(20)19-10-12-6-5-7-13(9-12)23(18,21)22/h5-9,14-15H,10H2,1-4H3,(H,19,20)(H2,18,21,22). The lowest BCUT2D eigenvalue weighted by Crippen LogP contribution is -2.26. The zero-order valence-electron chi connectivity index (χ0n) is 14.0. The van der Waals surface area contributed by atoms with E-state index in [2.05, 4.69) is 25.2 Å². The Balaban J connectivity index is 2.02. The number of sulfonamides is 1. The molecule has 0 heterocycles. The van der Waals surface area contributed by atoms with Crippen LogP contribution in [0.5, 0.6) is 0 Å². The van der Waals surface area contributed by atoms with Crippen LogP contribution in [0.2, 0.25) is 0 Å². The van der Waals surface area contributed by atoms with E-state index in [-0.39, 0.29) is 34.6 Å². The number of rotatable bonds is 5. The molecule has 1 aliphatic rings. The quantitative estimate of drug-likeness (QED) is 0.808.